The lowest BCUT2D eigenvalue weighted by atomic mass is 9.80. The second-order valence-corrected chi connectivity index (χ2v) is 4.93. The lowest BCUT2D eigenvalue weighted by molar-refractivity contribution is 0.0698. The van der Waals surface area contributed by atoms with Crippen molar-refractivity contribution < 1.29 is 14.7 Å². The monoisotopic (exact) mass is 262 g/mol. The lowest BCUT2D eigenvalue weighted by Gasteiger charge is -2.31. The highest BCUT2D eigenvalue weighted by molar-refractivity contribution is 5.99. The van der Waals surface area contributed by atoms with Crippen LogP contribution in [0.25, 0.3) is 0 Å². The number of amides is 2. The van der Waals surface area contributed by atoms with Crippen LogP contribution in [0, 0.1) is 5.92 Å². The molecule has 3 N–H and O–H groups in total. The van der Waals surface area contributed by atoms with E-state index in [1.807, 2.05) is 6.92 Å². The summed E-state index contributed by atoms with van der Waals surface area (Å²) in [4.78, 5) is 22.8. The molecule has 0 spiro atoms. The normalized spacial score (nSPS) is 16.3. The Morgan fingerprint density at radius 3 is 2.58 bits per heavy atom. The van der Waals surface area contributed by atoms with Crippen LogP contribution in [0.15, 0.2) is 24.3 Å². The molecular weight excluding hydrogens is 244 g/mol. The quantitative estimate of drug-likeness (QED) is 0.780. The van der Waals surface area contributed by atoms with Gasteiger partial charge >= 0.3 is 12.0 Å². The van der Waals surface area contributed by atoms with Crippen molar-refractivity contribution in [2.24, 2.45) is 5.92 Å². The third kappa shape index (κ3) is 3.24. The van der Waals surface area contributed by atoms with Gasteiger partial charge in [-0.05, 0) is 37.8 Å². The van der Waals surface area contributed by atoms with Gasteiger partial charge in [-0.25, -0.2) is 9.59 Å². The van der Waals surface area contributed by atoms with E-state index in [0.717, 1.165) is 12.8 Å². The number of rotatable bonds is 4. The Morgan fingerprint density at radius 1 is 1.32 bits per heavy atom. The van der Waals surface area contributed by atoms with Gasteiger partial charge in [-0.2, -0.15) is 0 Å². The molecule has 1 aromatic rings. The van der Waals surface area contributed by atoms with E-state index in [1.54, 1.807) is 18.2 Å². The van der Waals surface area contributed by atoms with Crippen LogP contribution in [0.5, 0.6) is 0 Å². The van der Waals surface area contributed by atoms with Gasteiger partial charge in [0.05, 0.1) is 11.3 Å². The molecule has 1 aromatic carbocycles. The number of urea groups is 1. The van der Waals surface area contributed by atoms with Crippen LogP contribution in [0.4, 0.5) is 10.5 Å². The largest absolute Gasteiger partial charge is 0.478 e. The Hall–Kier alpha value is -2.04. The maximum atomic E-state index is 11.8. The van der Waals surface area contributed by atoms with E-state index in [4.69, 9.17) is 5.11 Å². The predicted octanol–water partition coefficient (Wildman–Crippen LogP) is 2.69. The average Bonchev–Trinajstić information content (AvgIpc) is 2.26. The van der Waals surface area contributed by atoms with E-state index < -0.39 is 5.97 Å². The molecule has 0 heterocycles. The molecule has 1 fully saturated rings. The topological polar surface area (TPSA) is 78.4 Å². The highest BCUT2D eigenvalue weighted by atomic mass is 16.4. The third-order valence-corrected chi connectivity index (χ3v) is 3.62. The van der Waals surface area contributed by atoms with Crippen molar-refractivity contribution >= 4 is 17.7 Å². The number of hydrogen-bond acceptors (Lipinski definition) is 2. The number of carbonyl (C=O) groups excluding carboxylic acids is 1. The summed E-state index contributed by atoms with van der Waals surface area (Å²) in [6.45, 7) is 1.98. The first kappa shape index (κ1) is 13.4. The molecule has 0 bridgehead atoms. The number of carboxylic acid groups (broad SMARTS) is 1. The second kappa shape index (κ2) is 5.73. The van der Waals surface area contributed by atoms with Crippen LogP contribution in [0.2, 0.25) is 0 Å². The maximum Gasteiger partial charge on any atom is 0.337 e. The van der Waals surface area contributed by atoms with Crippen molar-refractivity contribution in [3.63, 3.8) is 0 Å². The summed E-state index contributed by atoms with van der Waals surface area (Å²) in [5.41, 5.74) is 0.405. The number of aromatic carboxylic acids is 1. The number of hydrogen-bond donors (Lipinski definition) is 3. The third-order valence-electron chi connectivity index (χ3n) is 3.62. The predicted molar refractivity (Wildman–Crippen MR) is 72.4 cm³/mol. The van der Waals surface area contributed by atoms with E-state index in [9.17, 15) is 9.59 Å². The van der Waals surface area contributed by atoms with Crippen LogP contribution in [-0.2, 0) is 0 Å². The molecule has 0 saturated heterocycles. The number of anilines is 1. The zero-order valence-corrected chi connectivity index (χ0v) is 10.8. The Labute approximate surface area is 112 Å². The molecule has 5 heteroatoms. The zero-order valence-electron chi connectivity index (χ0n) is 10.8. The minimum absolute atomic E-state index is 0.0916. The van der Waals surface area contributed by atoms with Crippen molar-refractivity contribution in [3.05, 3.63) is 29.8 Å². The molecule has 2 amide bonds. The standard InChI is InChI=1S/C14H18N2O3/c1-9(10-5-4-6-10)15-14(19)16-12-8-3-2-7-11(12)13(17)18/h2-3,7-10H,4-6H2,1H3,(H,17,18)(H2,15,16,19). The van der Waals surface area contributed by atoms with E-state index in [1.165, 1.54) is 12.5 Å². The fourth-order valence-corrected chi connectivity index (χ4v) is 2.20. The fourth-order valence-electron chi connectivity index (χ4n) is 2.20. The first-order valence-corrected chi connectivity index (χ1v) is 6.48. The lowest BCUT2D eigenvalue weighted by Crippen LogP contribution is -2.42. The summed E-state index contributed by atoms with van der Waals surface area (Å²) < 4.78 is 0. The molecule has 0 radical (unpaired) electrons. The first-order valence-electron chi connectivity index (χ1n) is 6.48. The zero-order chi connectivity index (χ0) is 13.8. The van der Waals surface area contributed by atoms with E-state index in [2.05, 4.69) is 10.6 Å². The van der Waals surface area contributed by atoms with Gasteiger partial charge in [0.25, 0.3) is 0 Å². The van der Waals surface area contributed by atoms with Crippen molar-refractivity contribution in [1.29, 1.82) is 0 Å². The smallest absolute Gasteiger partial charge is 0.337 e. The molecule has 102 valence electrons. The Morgan fingerprint density at radius 2 is 2.00 bits per heavy atom. The molecule has 2 rings (SSSR count). The molecule has 1 unspecified atom stereocenters. The molecule has 1 atom stereocenters. The van der Waals surface area contributed by atoms with Crippen LogP contribution in [-0.4, -0.2) is 23.1 Å². The number of carboxylic acids is 1. The van der Waals surface area contributed by atoms with Crippen molar-refractivity contribution in [3.8, 4) is 0 Å². The summed E-state index contributed by atoms with van der Waals surface area (Å²) in [5, 5.41) is 14.5. The van der Waals surface area contributed by atoms with E-state index >= 15 is 0 Å². The molecule has 0 aromatic heterocycles. The fraction of sp³-hybridized carbons (Fsp3) is 0.429. The van der Waals surface area contributed by atoms with Crippen LogP contribution < -0.4 is 10.6 Å². The molecule has 0 aliphatic heterocycles. The van der Waals surface area contributed by atoms with Crippen LogP contribution >= 0.6 is 0 Å². The second-order valence-electron chi connectivity index (χ2n) is 4.93. The van der Waals surface area contributed by atoms with Gasteiger partial charge in [-0.15, -0.1) is 0 Å². The number of para-hydroxylation sites is 1. The number of benzene rings is 1. The minimum atomic E-state index is -1.05. The maximum absolute atomic E-state index is 11.8. The summed E-state index contributed by atoms with van der Waals surface area (Å²) in [6.07, 6.45) is 3.51. The van der Waals surface area contributed by atoms with Gasteiger partial charge in [0.15, 0.2) is 0 Å². The number of nitrogens with one attached hydrogen (secondary N) is 2. The molecule has 1 aliphatic carbocycles. The molecule has 19 heavy (non-hydrogen) atoms. The van der Waals surface area contributed by atoms with Crippen molar-refractivity contribution in [2.75, 3.05) is 5.32 Å². The van der Waals surface area contributed by atoms with Gasteiger partial charge in [0, 0.05) is 6.04 Å². The Kier molecular flexibility index (Phi) is 4.04. The SMILES string of the molecule is CC(NC(=O)Nc1ccccc1C(=O)O)C1CCC1. The molecule has 1 aliphatic rings. The van der Waals surface area contributed by atoms with Gasteiger partial charge in [0.2, 0.25) is 0 Å². The summed E-state index contributed by atoms with van der Waals surface area (Å²) in [6, 6.07) is 6.13. The Balaban J connectivity index is 1.96. The molecule has 1 saturated carbocycles. The highest BCUT2D eigenvalue weighted by Crippen LogP contribution is 2.29. The average molecular weight is 262 g/mol. The van der Waals surface area contributed by atoms with Gasteiger partial charge in [-0.3, -0.25) is 0 Å². The first-order chi connectivity index (χ1) is 9.08. The molecular formula is C14H18N2O3. The minimum Gasteiger partial charge on any atom is -0.478 e. The van der Waals surface area contributed by atoms with Gasteiger partial charge < -0.3 is 15.7 Å². The highest BCUT2D eigenvalue weighted by Gasteiger charge is 2.25. The van der Waals surface area contributed by atoms with E-state index in [0.29, 0.717) is 11.6 Å². The summed E-state index contributed by atoms with van der Waals surface area (Å²) in [7, 11) is 0. The van der Waals surface area contributed by atoms with Crippen LogP contribution in [0.1, 0.15) is 36.5 Å². The molecule has 5 nitrogen and oxygen atoms in total. The van der Waals surface area contributed by atoms with E-state index in [-0.39, 0.29) is 17.6 Å². The number of carbonyl (C=O) groups is 2. The van der Waals surface area contributed by atoms with Crippen molar-refractivity contribution in [1.82, 2.24) is 5.32 Å². The summed E-state index contributed by atoms with van der Waals surface area (Å²) in [5.74, 6) is -0.511. The van der Waals surface area contributed by atoms with Crippen LogP contribution in [0.3, 0.4) is 0 Å². The Bertz CT molecular complexity index is 483. The van der Waals surface area contributed by atoms with Gasteiger partial charge in [0.1, 0.15) is 0 Å². The summed E-state index contributed by atoms with van der Waals surface area (Å²) >= 11 is 0. The van der Waals surface area contributed by atoms with Gasteiger partial charge in [-0.1, -0.05) is 18.6 Å². The van der Waals surface area contributed by atoms with Crippen molar-refractivity contribution in [2.45, 2.75) is 32.2 Å².